The van der Waals surface area contributed by atoms with Crippen LogP contribution in [0.4, 0.5) is 5.00 Å². The maximum absolute atomic E-state index is 13.7. The van der Waals surface area contributed by atoms with Crippen molar-refractivity contribution >= 4 is 56.4 Å². The highest BCUT2D eigenvalue weighted by atomic mass is 32.1. The minimum atomic E-state index is -0.369. The number of para-hydroxylation sites is 1. The predicted molar refractivity (Wildman–Crippen MR) is 173 cm³/mol. The number of aromatic nitrogens is 1. The van der Waals surface area contributed by atoms with Crippen LogP contribution in [-0.4, -0.2) is 34.7 Å². The minimum absolute atomic E-state index is 0.0333. The van der Waals surface area contributed by atoms with E-state index in [1.165, 1.54) is 16.2 Å². The smallest absolute Gasteiger partial charge is 0.341 e. The zero-order valence-corrected chi connectivity index (χ0v) is 25.9. The summed E-state index contributed by atoms with van der Waals surface area (Å²) in [5, 5.41) is 7.42. The van der Waals surface area contributed by atoms with Crippen molar-refractivity contribution in [3.8, 4) is 17.0 Å². The third-order valence-electron chi connectivity index (χ3n) is 7.07. The van der Waals surface area contributed by atoms with Gasteiger partial charge in [-0.15, -0.1) is 11.3 Å². The molecule has 7 nitrogen and oxygen atoms in total. The van der Waals surface area contributed by atoms with Gasteiger partial charge in [0.25, 0.3) is 5.91 Å². The SMILES string of the molecule is CCCOC(=O)c1c(NC(=S)NC(=O)c2cc(-c3cccc(OC(C)C)c3)nc3ccccc23)sc2c1CC[C@H](C)C2. The summed E-state index contributed by atoms with van der Waals surface area (Å²) >= 11 is 7.11. The summed E-state index contributed by atoms with van der Waals surface area (Å²) in [5.41, 5.74) is 4.18. The van der Waals surface area contributed by atoms with E-state index in [1.54, 1.807) is 6.07 Å². The summed E-state index contributed by atoms with van der Waals surface area (Å²) in [7, 11) is 0. The van der Waals surface area contributed by atoms with Crippen molar-refractivity contribution in [3.05, 3.63) is 76.2 Å². The zero-order valence-electron chi connectivity index (χ0n) is 24.3. The van der Waals surface area contributed by atoms with Gasteiger partial charge in [-0.1, -0.05) is 44.2 Å². The third kappa shape index (κ3) is 6.63. The molecule has 0 saturated carbocycles. The Morgan fingerprint density at radius 2 is 1.95 bits per heavy atom. The molecule has 2 heterocycles. The Morgan fingerprint density at radius 3 is 2.74 bits per heavy atom. The van der Waals surface area contributed by atoms with Gasteiger partial charge in [-0.2, -0.15) is 0 Å². The van der Waals surface area contributed by atoms with Crippen molar-refractivity contribution < 1.29 is 19.1 Å². The number of ether oxygens (including phenoxy) is 2. The van der Waals surface area contributed by atoms with E-state index in [2.05, 4.69) is 17.6 Å². The van der Waals surface area contributed by atoms with Crippen LogP contribution in [0.1, 0.15) is 71.7 Å². The second kappa shape index (κ2) is 13.0. The van der Waals surface area contributed by atoms with Gasteiger partial charge in [-0.05, 0) is 87.5 Å². The van der Waals surface area contributed by atoms with Crippen molar-refractivity contribution in [3.63, 3.8) is 0 Å². The van der Waals surface area contributed by atoms with Gasteiger partial charge in [-0.25, -0.2) is 9.78 Å². The lowest BCUT2D eigenvalue weighted by Crippen LogP contribution is -2.34. The molecule has 0 radical (unpaired) electrons. The Kier molecular flexibility index (Phi) is 9.18. The number of nitrogens with zero attached hydrogens (tertiary/aromatic N) is 1. The number of thiophene rings is 1. The van der Waals surface area contributed by atoms with Crippen molar-refractivity contribution in [2.75, 3.05) is 11.9 Å². The van der Waals surface area contributed by atoms with Gasteiger partial charge < -0.3 is 14.8 Å². The molecule has 9 heteroatoms. The van der Waals surface area contributed by atoms with E-state index >= 15 is 0 Å². The van der Waals surface area contributed by atoms with Crippen LogP contribution >= 0.6 is 23.6 Å². The zero-order chi connectivity index (χ0) is 29.8. The van der Waals surface area contributed by atoms with Crippen LogP contribution in [0.15, 0.2) is 54.6 Å². The van der Waals surface area contributed by atoms with E-state index in [0.29, 0.717) is 45.2 Å². The number of esters is 1. The first-order valence-corrected chi connectivity index (χ1v) is 15.6. The average molecular weight is 602 g/mol. The number of amides is 1. The van der Waals surface area contributed by atoms with Crippen LogP contribution in [0.3, 0.4) is 0 Å². The van der Waals surface area contributed by atoms with Gasteiger partial charge in [0.1, 0.15) is 10.8 Å². The standard InChI is InChI=1S/C33H35N3O4S2/c1-5-15-39-32(38)29-24-14-13-20(4)16-28(24)42-31(29)36-33(41)35-30(37)25-18-27(34-26-12-7-6-11-23(25)26)21-9-8-10-22(17-21)40-19(2)3/h6-12,17-20H,5,13-16H2,1-4H3,(H2,35,36,37,41)/t20-/m0/s1. The molecule has 2 aromatic heterocycles. The van der Waals surface area contributed by atoms with Crippen LogP contribution in [0, 0.1) is 5.92 Å². The molecule has 0 spiro atoms. The number of carbonyl (C=O) groups excluding carboxylic acids is 2. The molecule has 0 fully saturated rings. The van der Waals surface area contributed by atoms with E-state index in [-0.39, 0.29) is 23.1 Å². The Morgan fingerprint density at radius 1 is 1.14 bits per heavy atom. The van der Waals surface area contributed by atoms with Gasteiger partial charge >= 0.3 is 5.97 Å². The number of fused-ring (bicyclic) bond motifs is 2. The fourth-order valence-electron chi connectivity index (χ4n) is 5.14. The second-order valence-electron chi connectivity index (χ2n) is 10.9. The van der Waals surface area contributed by atoms with E-state index in [0.717, 1.165) is 42.6 Å². The summed E-state index contributed by atoms with van der Waals surface area (Å²) in [6.07, 6.45) is 3.51. The Labute approximate surface area is 255 Å². The summed E-state index contributed by atoms with van der Waals surface area (Å²) in [5.74, 6) is 0.554. The first-order chi connectivity index (χ1) is 20.2. The molecule has 0 aliphatic heterocycles. The molecular weight excluding hydrogens is 567 g/mol. The average Bonchev–Trinajstić information content (AvgIpc) is 3.31. The quantitative estimate of drug-likeness (QED) is 0.159. The number of anilines is 1. The maximum Gasteiger partial charge on any atom is 0.341 e. The first-order valence-electron chi connectivity index (χ1n) is 14.3. The molecule has 2 N–H and O–H groups in total. The van der Waals surface area contributed by atoms with Crippen LogP contribution < -0.4 is 15.4 Å². The number of thiocarbonyl (C=S) groups is 1. The number of hydrogen-bond acceptors (Lipinski definition) is 7. The molecule has 5 rings (SSSR count). The monoisotopic (exact) mass is 601 g/mol. The highest BCUT2D eigenvalue weighted by Crippen LogP contribution is 2.40. The molecule has 1 aliphatic rings. The minimum Gasteiger partial charge on any atom is -0.491 e. The molecule has 2 aromatic carbocycles. The van der Waals surface area contributed by atoms with Crippen LogP contribution in [0.5, 0.6) is 5.75 Å². The fourth-order valence-corrected chi connectivity index (χ4v) is 6.80. The lowest BCUT2D eigenvalue weighted by molar-refractivity contribution is 0.0505. The van der Waals surface area contributed by atoms with Gasteiger partial charge in [0.2, 0.25) is 0 Å². The highest BCUT2D eigenvalue weighted by Gasteiger charge is 2.29. The summed E-state index contributed by atoms with van der Waals surface area (Å²) in [6, 6.07) is 17.0. The van der Waals surface area contributed by atoms with Crippen molar-refractivity contribution in [2.24, 2.45) is 5.92 Å². The number of rotatable bonds is 8. The van der Waals surface area contributed by atoms with Crippen LogP contribution in [-0.2, 0) is 17.6 Å². The number of pyridine rings is 1. The van der Waals surface area contributed by atoms with Crippen molar-refractivity contribution in [2.45, 2.75) is 59.5 Å². The van der Waals surface area contributed by atoms with Gasteiger partial charge in [0.05, 0.1) is 35.0 Å². The number of benzene rings is 2. The topological polar surface area (TPSA) is 89.6 Å². The van der Waals surface area contributed by atoms with Gasteiger partial charge in [-0.3, -0.25) is 10.1 Å². The molecular formula is C33H35N3O4S2. The Bertz CT molecular complexity index is 1650. The third-order valence-corrected chi connectivity index (χ3v) is 8.44. The Balaban J connectivity index is 1.42. The fraction of sp³-hybridized carbons (Fsp3) is 0.333. The molecule has 1 amide bonds. The lowest BCUT2D eigenvalue weighted by atomic mass is 9.88. The Hall–Kier alpha value is -3.82. The predicted octanol–water partition coefficient (Wildman–Crippen LogP) is 7.57. The largest absolute Gasteiger partial charge is 0.491 e. The van der Waals surface area contributed by atoms with Gasteiger partial charge in [0.15, 0.2) is 5.11 Å². The molecule has 1 aliphatic carbocycles. The molecule has 42 heavy (non-hydrogen) atoms. The van der Waals surface area contributed by atoms with Crippen molar-refractivity contribution in [1.82, 2.24) is 10.3 Å². The summed E-state index contributed by atoms with van der Waals surface area (Å²) in [4.78, 5) is 32.7. The molecule has 1 atom stereocenters. The maximum atomic E-state index is 13.7. The lowest BCUT2D eigenvalue weighted by Gasteiger charge is -2.18. The number of nitrogens with one attached hydrogen (secondary N) is 2. The molecule has 0 bridgehead atoms. The number of carbonyl (C=O) groups is 2. The van der Waals surface area contributed by atoms with Crippen molar-refractivity contribution in [1.29, 1.82) is 0 Å². The number of hydrogen-bond donors (Lipinski definition) is 2. The molecule has 4 aromatic rings. The summed E-state index contributed by atoms with van der Waals surface area (Å²) < 4.78 is 11.4. The summed E-state index contributed by atoms with van der Waals surface area (Å²) in [6.45, 7) is 8.49. The highest BCUT2D eigenvalue weighted by molar-refractivity contribution is 7.80. The molecule has 0 unspecified atom stereocenters. The van der Waals surface area contributed by atoms with E-state index in [9.17, 15) is 9.59 Å². The van der Waals surface area contributed by atoms with Gasteiger partial charge in [0, 0.05) is 15.8 Å². The molecule has 218 valence electrons. The van der Waals surface area contributed by atoms with E-state index in [1.807, 2.05) is 69.3 Å². The van der Waals surface area contributed by atoms with Crippen LogP contribution in [0.2, 0.25) is 0 Å². The van der Waals surface area contributed by atoms with E-state index < -0.39 is 0 Å². The normalized spacial score (nSPS) is 14.4. The first kappa shape index (κ1) is 29.7. The van der Waals surface area contributed by atoms with Crippen LogP contribution in [0.25, 0.3) is 22.2 Å². The molecule has 0 saturated heterocycles. The second-order valence-corrected chi connectivity index (χ2v) is 12.4. The van der Waals surface area contributed by atoms with E-state index in [4.69, 9.17) is 26.7 Å².